The fraction of sp³-hybridized carbons (Fsp3) is 0.500. The number of aryl methyl sites for hydroxylation is 1. The predicted octanol–water partition coefficient (Wildman–Crippen LogP) is 5.20. The molecule has 0 unspecified atom stereocenters. The van der Waals surface area contributed by atoms with Crippen LogP contribution in [-0.4, -0.2) is 66.4 Å². The first-order chi connectivity index (χ1) is 22.8. The molecular formula is C34H44N6O6S. The Labute approximate surface area is 279 Å². The number of amides is 2. The average molecular weight is 665 g/mol. The lowest BCUT2D eigenvalue weighted by Crippen LogP contribution is -2.36. The number of H-pyrrole nitrogens is 1. The van der Waals surface area contributed by atoms with Gasteiger partial charge in [-0.25, -0.2) is 0 Å². The Morgan fingerprint density at radius 2 is 1.81 bits per heavy atom. The number of methoxy groups -OCH3 is 3. The fourth-order valence-electron chi connectivity index (χ4n) is 6.61. The maximum Gasteiger partial charge on any atom is 0.249 e. The molecule has 1 heterocycles. The zero-order valence-electron chi connectivity index (χ0n) is 27.7. The van der Waals surface area contributed by atoms with Gasteiger partial charge in [0, 0.05) is 18.4 Å². The van der Waals surface area contributed by atoms with Crippen LogP contribution < -0.4 is 35.6 Å². The van der Waals surface area contributed by atoms with Crippen LogP contribution in [0.1, 0.15) is 80.8 Å². The van der Waals surface area contributed by atoms with Crippen LogP contribution in [0.3, 0.4) is 0 Å². The van der Waals surface area contributed by atoms with E-state index in [4.69, 9.17) is 14.2 Å². The largest absolute Gasteiger partial charge is 0.493 e. The molecule has 1 fully saturated rings. The summed E-state index contributed by atoms with van der Waals surface area (Å²) in [5.74, 6) is 2.91. The highest BCUT2D eigenvalue weighted by Crippen LogP contribution is 2.50. The zero-order valence-corrected chi connectivity index (χ0v) is 28.5. The van der Waals surface area contributed by atoms with Gasteiger partial charge in [-0.2, -0.15) is 16.7 Å². The van der Waals surface area contributed by atoms with E-state index in [9.17, 15) is 14.4 Å². The SMILES string of the molecule is COc1cc2c(c(OC)c1OC)-c1ccc(N[C@@H](CCSC)C(=O)Nc3n[nH]c(C4CCCCC4)n3)c(=O)cc1[C@@H](NC(C)=O)CC2. The van der Waals surface area contributed by atoms with E-state index in [0.29, 0.717) is 59.3 Å². The summed E-state index contributed by atoms with van der Waals surface area (Å²) in [6.07, 6.45) is 9.24. The van der Waals surface area contributed by atoms with Crippen LogP contribution in [0.25, 0.3) is 11.1 Å². The van der Waals surface area contributed by atoms with E-state index >= 15 is 0 Å². The number of benzene rings is 1. The second-order valence-electron chi connectivity index (χ2n) is 11.9. The fourth-order valence-corrected chi connectivity index (χ4v) is 7.08. The van der Waals surface area contributed by atoms with Crippen LogP contribution in [0.2, 0.25) is 0 Å². The van der Waals surface area contributed by atoms with E-state index in [-0.39, 0.29) is 28.9 Å². The third kappa shape index (κ3) is 7.66. The summed E-state index contributed by atoms with van der Waals surface area (Å²) in [5, 5.41) is 16.3. The number of nitrogens with zero attached hydrogens (tertiary/aromatic N) is 2. The number of nitrogens with one attached hydrogen (secondary N) is 4. The van der Waals surface area contributed by atoms with Gasteiger partial charge in [0.15, 0.2) is 11.5 Å². The maximum absolute atomic E-state index is 13.9. The van der Waals surface area contributed by atoms with Gasteiger partial charge in [0.2, 0.25) is 28.9 Å². The maximum atomic E-state index is 13.9. The van der Waals surface area contributed by atoms with E-state index in [1.165, 1.54) is 13.3 Å². The summed E-state index contributed by atoms with van der Waals surface area (Å²) in [6, 6.07) is 5.80. The van der Waals surface area contributed by atoms with Gasteiger partial charge in [-0.1, -0.05) is 25.3 Å². The van der Waals surface area contributed by atoms with Crippen molar-refractivity contribution in [1.29, 1.82) is 0 Å². The van der Waals surface area contributed by atoms with Crippen molar-refractivity contribution in [3.63, 3.8) is 0 Å². The number of aromatic nitrogens is 3. The smallest absolute Gasteiger partial charge is 0.249 e. The van der Waals surface area contributed by atoms with Crippen molar-refractivity contribution in [2.24, 2.45) is 0 Å². The second-order valence-corrected chi connectivity index (χ2v) is 12.9. The summed E-state index contributed by atoms with van der Waals surface area (Å²) in [4.78, 5) is 44.3. The first-order valence-electron chi connectivity index (χ1n) is 16.0. The number of carbonyl (C=O) groups excluding carboxylic acids is 2. The van der Waals surface area contributed by atoms with Crippen molar-refractivity contribution in [3.05, 3.63) is 51.4 Å². The monoisotopic (exact) mass is 664 g/mol. The molecule has 3 aromatic rings. The van der Waals surface area contributed by atoms with Gasteiger partial charge in [-0.15, -0.1) is 5.10 Å². The van der Waals surface area contributed by atoms with E-state index in [1.54, 1.807) is 45.2 Å². The van der Waals surface area contributed by atoms with Crippen LogP contribution in [-0.2, 0) is 16.0 Å². The Kier molecular flexibility index (Phi) is 11.3. The quantitative estimate of drug-likeness (QED) is 0.203. The third-order valence-corrected chi connectivity index (χ3v) is 9.55. The molecule has 47 heavy (non-hydrogen) atoms. The van der Waals surface area contributed by atoms with Crippen LogP contribution in [0.5, 0.6) is 17.2 Å². The summed E-state index contributed by atoms with van der Waals surface area (Å²) < 4.78 is 17.2. The molecular weight excluding hydrogens is 620 g/mol. The Balaban J connectivity index is 1.52. The number of anilines is 2. The van der Waals surface area contributed by atoms with Gasteiger partial charge in [-0.05, 0) is 79.0 Å². The number of aromatic amines is 1. The van der Waals surface area contributed by atoms with Gasteiger partial charge in [0.1, 0.15) is 11.9 Å². The molecule has 2 aliphatic carbocycles. The number of carbonyl (C=O) groups is 2. The lowest BCUT2D eigenvalue weighted by molar-refractivity contribution is -0.120. The van der Waals surface area contributed by atoms with Gasteiger partial charge in [0.05, 0.1) is 33.1 Å². The summed E-state index contributed by atoms with van der Waals surface area (Å²) in [7, 11) is 4.67. The molecule has 4 N–H and O–H groups in total. The highest BCUT2D eigenvalue weighted by atomic mass is 32.2. The standard InChI is InChI=1S/C34H44N6O6S/c1-19(41)35-24-13-11-21-17-28(44-2)30(45-3)31(46-4)29(21)22-12-14-25(27(42)18-23(22)24)36-26(15-16-47-5)33(43)38-34-37-32(39-40-34)20-9-7-6-8-10-20/h12,14,17-18,20,24,26H,6-11,13,15-16H2,1-5H3,(H,35,41)(H,36,42)(H2,37,38,39,40,43)/t24-,26-/m0/s1. The lowest BCUT2D eigenvalue weighted by atomic mass is 9.89. The first kappa shape index (κ1) is 34.1. The Bertz CT molecular complexity index is 1660. The van der Waals surface area contributed by atoms with Crippen molar-refractivity contribution in [2.45, 2.75) is 76.3 Å². The Hall–Kier alpha value is -4.26. The van der Waals surface area contributed by atoms with Crippen molar-refractivity contribution < 1.29 is 23.8 Å². The Morgan fingerprint density at radius 1 is 1.04 bits per heavy atom. The molecule has 1 saturated carbocycles. The van der Waals surface area contributed by atoms with E-state index in [1.807, 2.05) is 18.4 Å². The lowest BCUT2D eigenvalue weighted by Gasteiger charge is -2.19. The van der Waals surface area contributed by atoms with Crippen molar-refractivity contribution >= 4 is 35.2 Å². The molecule has 252 valence electrons. The van der Waals surface area contributed by atoms with Gasteiger partial charge >= 0.3 is 0 Å². The van der Waals surface area contributed by atoms with Crippen LogP contribution in [0, 0.1) is 0 Å². The van der Waals surface area contributed by atoms with Crippen LogP contribution in [0.4, 0.5) is 11.6 Å². The highest BCUT2D eigenvalue weighted by molar-refractivity contribution is 7.98. The number of hydrogen-bond donors (Lipinski definition) is 4. The van der Waals surface area contributed by atoms with Crippen LogP contribution in [0.15, 0.2) is 29.1 Å². The average Bonchev–Trinajstić information content (AvgIpc) is 3.42. The van der Waals surface area contributed by atoms with E-state index < -0.39 is 12.1 Å². The van der Waals surface area contributed by atoms with Gasteiger partial charge in [0.25, 0.3) is 0 Å². The third-order valence-electron chi connectivity index (χ3n) is 8.90. The molecule has 0 radical (unpaired) electrons. The van der Waals surface area contributed by atoms with E-state index in [0.717, 1.165) is 42.6 Å². The number of thioether (sulfide) groups is 1. The molecule has 12 nitrogen and oxygen atoms in total. The minimum absolute atomic E-state index is 0.209. The molecule has 2 aliphatic rings. The molecule has 2 amide bonds. The van der Waals surface area contributed by atoms with Crippen molar-refractivity contribution in [3.8, 4) is 28.4 Å². The van der Waals surface area contributed by atoms with Crippen molar-refractivity contribution in [1.82, 2.24) is 20.5 Å². The van der Waals surface area contributed by atoms with E-state index in [2.05, 4.69) is 31.1 Å². The Morgan fingerprint density at radius 3 is 2.49 bits per heavy atom. The summed E-state index contributed by atoms with van der Waals surface area (Å²) in [5.41, 5.74) is 2.97. The second kappa shape index (κ2) is 15.6. The number of hydrogen-bond acceptors (Lipinski definition) is 10. The minimum atomic E-state index is -0.730. The van der Waals surface area contributed by atoms with Crippen molar-refractivity contribution in [2.75, 3.05) is 44.0 Å². The molecule has 0 aliphatic heterocycles. The zero-order chi connectivity index (χ0) is 33.5. The minimum Gasteiger partial charge on any atom is -0.493 e. The summed E-state index contributed by atoms with van der Waals surface area (Å²) in [6.45, 7) is 1.46. The normalized spacial score (nSPS) is 16.6. The number of ether oxygens (including phenoxy) is 3. The number of fused-ring (bicyclic) bond motifs is 3. The van der Waals surface area contributed by atoms with Gasteiger partial charge < -0.3 is 24.8 Å². The molecule has 13 heteroatoms. The highest BCUT2D eigenvalue weighted by Gasteiger charge is 2.30. The molecule has 0 spiro atoms. The van der Waals surface area contributed by atoms with Crippen LogP contribution >= 0.6 is 11.8 Å². The topological polar surface area (TPSA) is 157 Å². The summed E-state index contributed by atoms with van der Waals surface area (Å²) >= 11 is 1.61. The predicted molar refractivity (Wildman–Crippen MR) is 184 cm³/mol. The number of rotatable bonds is 12. The molecule has 0 saturated heterocycles. The molecule has 1 aromatic heterocycles. The molecule has 0 bridgehead atoms. The molecule has 2 atom stereocenters. The molecule has 2 aromatic carbocycles. The first-order valence-corrected chi connectivity index (χ1v) is 17.4. The molecule has 5 rings (SSSR count). The van der Waals surface area contributed by atoms with Gasteiger partial charge in [-0.3, -0.25) is 24.8 Å².